The lowest BCUT2D eigenvalue weighted by molar-refractivity contribution is 0.0696. The Balaban J connectivity index is 1.56. The smallest absolute Gasteiger partial charge is 0.337 e. The zero-order valence-corrected chi connectivity index (χ0v) is 17.6. The first kappa shape index (κ1) is 21.0. The van der Waals surface area contributed by atoms with E-state index in [1.807, 2.05) is 30.3 Å². The number of aryl methyl sites for hydroxylation is 2. The third-order valence-corrected chi connectivity index (χ3v) is 5.52. The van der Waals surface area contributed by atoms with E-state index in [9.17, 15) is 9.18 Å². The molecule has 0 amide bonds. The number of rotatable bonds is 4. The molecule has 0 bridgehead atoms. The van der Waals surface area contributed by atoms with Crippen molar-refractivity contribution >= 4 is 40.7 Å². The number of carbonyl (C=O) groups is 1. The molecule has 158 valence electrons. The summed E-state index contributed by atoms with van der Waals surface area (Å²) in [4.78, 5) is 18.8. The van der Waals surface area contributed by atoms with Crippen molar-refractivity contribution in [1.82, 2.24) is 20.7 Å². The Morgan fingerprint density at radius 3 is 2.74 bits per heavy atom. The van der Waals surface area contributed by atoms with Crippen LogP contribution in [0.3, 0.4) is 0 Å². The minimum atomic E-state index is -1.13. The van der Waals surface area contributed by atoms with Gasteiger partial charge in [0.15, 0.2) is 10.9 Å². The molecule has 1 atom stereocenters. The van der Waals surface area contributed by atoms with Crippen LogP contribution in [-0.2, 0) is 12.8 Å². The Kier molecular flexibility index (Phi) is 5.97. The van der Waals surface area contributed by atoms with Gasteiger partial charge in [-0.2, -0.15) is 4.39 Å². The molecule has 0 fully saturated rings. The number of halogens is 2. The van der Waals surface area contributed by atoms with Gasteiger partial charge >= 0.3 is 5.97 Å². The lowest BCUT2D eigenvalue weighted by Crippen LogP contribution is -2.41. The summed E-state index contributed by atoms with van der Waals surface area (Å²) < 4.78 is 14.7. The minimum absolute atomic E-state index is 0.0362. The van der Waals surface area contributed by atoms with Gasteiger partial charge in [0, 0.05) is 18.0 Å². The van der Waals surface area contributed by atoms with Crippen LogP contribution in [0, 0.1) is 5.95 Å². The fourth-order valence-electron chi connectivity index (χ4n) is 3.56. The summed E-state index contributed by atoms with van der Waals surface area (Å²) in [7, 11) is 0. The van der Waals surface area contributed by atoms with Crippen LogP contribution >= 0.6 is 23.8 Å². The molecule has 31 heavy (non-hydrogen) atoms. The van der Waals surface area contributed by atoms with Crippen LogP contribution in [0.4, 0.5) is 10.2 Å². The van der Waals surface area contributed by atoms with Gasteiger partial charge in [-0.1, -0.05) is 35.9 Å². The second kappa shape index (κ2) is 8.83. The molecule has 3 aromatic rings. The number of hydrogen-bond donors (Lipinski definition) is 4. The van der Waals surface area contributed by atoms with E-state index in [-0.39, 0.29) is 21.5 Å². The minimum Gasteiger partial charge on any atom is -0.478 e. The van der Waals surface area contributed by atoms with Crippen molar-refractivity contribution < 1.29 is 14.3 Å². The monoisotopic (exact) mass is 457 g/mol. The highest BCUT2D eigenvalue weighted by Crippen LogP contribution is 2.33. The molecule has 4 rings (SSSR count). The van der Waals surface area contributed by atoms with E-state index in [2.05, 4.69) is 26.1 Å². The number of fused-ring (bicyclic) bond motifs is 2. The first-order valence-electron chi connectivity index (χ1n) is 9.36. The molecule has 1 unspecified atom stereocenters. The summed E-state index contributed by atoms with van der Waals surface area (Å²) in [5.74, 6) is -1.48. The van der Waals surface area contributed by atoms with Crippen LogP contribution < -0.4 is 16.2 Å². The van der Waals surface area contributed by atoms with Gasteiger partial charge in [-0.3, -0.25) is 10.9 Å². The number of thiocarbonyl (C=S) groups is 1. The normalized spacial score (nSPS) is 14.6. The van der Waals surface area contributed by atoms with Gasteiger partial charge < -0.3 is 10.4 Å². The molecule has 0 radical (unpaired) electrons. The Morgan fingerprint density at radius 1 is 1.19 bits per heavy atom. The van der Waals surface area contributed by atoms with E-state index >= 15 is 0 Å². The highest BCUT2D eigenvalue weighted by molar-refractivity contribution is 7.80. The molecule has 0 saturated heterocycles. The number of aromatic nitrogens is 2. The van der Waals surface area contributed by atoms with E-state index in [0.717, 1.165) is 23.1 Å². The maximum atomic E-state index is 14.7. The summed E-state index contributed by atoms with van der Waals surface area (Å²) in [6, 6.07) is 10.4. The molecule has 4 N–H and O–H groups in total. The molecule has 1 aromatic carbocycles. The number of nitrogens with one attached hydrogen (secondary N) is 3. The van der Waals surface area contributed by atoms with Gasteiger partial charge in [0.25, 0.3) is 0 Å². The van der Waals surface area contributed by atoms with Crippen LogP contribution in [-0.4, -0.2) is 26.2 Å². The zero-order chi connectivity index (χ0) is 22.0. The zero-order valence-electron chi connectivity index (χ0n) is 16.0. The predicted molar refractivity (Wildman–Crippen MR) is 119 cm³/mol. The largest absolute Gasteiger partial charge is 0.478 e. The van der Waals surface area contributed by atoms with Crippen molar-refractivity contribution in [3.63, 3.8) is 0 Å². The summed E-state index contributed by atoms with van der Waals surface area (Å²) >= 11 is 11.5. The highest BCUT2D eigenvalue weighted by atomic mass is 35.5. The second-order valence-corrected chi connectivity index (χ2v) is 7.70. The van der Waals surface area contributed by atoms with Crippen molar-refractivity contribution in [3.05, 3.63) is 87.6 Å². The van der Waals surface area contributed by atoms with Crippen LogP contribution in [0.5, 0.6) is 0 Å². The first-order valence-corrected chi connectivity index (χ1v) is 10.1. The number of aromatic carboxylic acids is 1. The summed E-state index contributed by atoms with van der Waals surface area (Å²) in [5.41, 5.74) is 8.82. The number of carboxylic acids is 1. The quantitative estimate of drug-likeness (QED) is 0.268. The molecular formula is C21H17ClFN5O2S. The Bertz CT molecular complexity index is 1180. The van der Waals surface area contributed by atoms with Crippen LogP contribution in [0.2, 0.25) is 5.02 Å². The molecule has 0 spiro atoms. The first-order chi connectivity index (χ1) is 14.9. The van der Waals surface area contributed by atoms with E-state index in [1.54, 1.807) is 0 Å². The van der Waals surface area contributed by atoms with Crippen LogP contribution in [0.25, 0.3) is 0 Å². The maximum absolute atomic E-state index is 14.7. The van der Waals surface area contributed by atoms with Gasteiger partial charge in [0.05, 0.1) is 16.6 Å². The van der Waals surface area contributed by atoms with Crippen molar-refractivity contribution in [3.8, 4) is 0 Å². The number of benzene rings is 1. The Morgan fingerprint density at radius 2 is 1.97 bits per heavy atom. The lowest BCUT2D eigenvalue weighted by atomic mass is 9.96. The van der Waals surface area contributed by atoms with Crippen molar-refractivity contribution in [1.29, 1.82) is 0 Å². The average molecular weight is 458 g/mol. The molecular weight excluding hydrogens is 441 g/mol. The summed E-state index contributed by atoms with van der Waals surface area (Å²) in [6.45, 7) is 0. The topological polar surface area (TPSA) is 99.2 Å². The molecule has 0 aliphatic heterocycles. The fraction of sp³-hybridized carbons (Fsp3) is 0.143. The van der Waals surface area contributed by atoms with Gasteiger partial charge in [0.2, 0.25) is 5.95 Å². The predicted octanol–water partition coefficient (Wildman–Crippen LogP) is 3.65. The summed E-state index contributed by atoms with van der Waals surface area (Å²) in [6.07, 6.45) is 4.11. The Labute approximate surface area is 187 Å². The molecule has 10 heteroatoms. The molecule has 2 heterocycles. The van der Waals surface area contributed by atoms with E-state index < -0.39 is 18.0 Å². The van der Waals surface area contributed by atoms with E-state index in [1.165, 1.54) is 18.5 Å². The maximum Gasteiger partial charge on any atom is 0.337 e. The van der Waals surface area contributed by atoms with E-state index in [0.29, 0.717) is 12.0 Å². The number of hydrogen-bond acceptors (Lipinski definition) is 5. The van der Waals surface area contributed by atoms with Gasteiger partial charge in [-0.25, -0.2) is 14.8 Å². The number of hydrazine groups is 1. The molecule has 2 aromatic heterocycles. The number of anilines is 1. The van der Waals surface area contributed by atoms with Crippen LogP contribution in [0.1, 0.15) is 38.7 Å². The highest BCUT2D eigenvalue weighted by Gasteiger charge is 2.27. The second-order valence-electron chi connectivity index (χ2n) is 6.89. The van der Waals surface area contributed by atoms with Gasteiger partial charge in [-0.15, -0.1) is 0 Å². The van der Waals surface area contributed by atoms with Gasteiger partial charge in [-0.05, 0) is 53.9 Å². The molecule has 1 aliphatic rings. The summed E-state index contributed by atoms with van der Waals surface area (Å²) in [5, 5.41) is 12.4. The Hall–Kier alpha value is -3.30. The van der Waals surface area contributed by atoms with Crippen molar-refractivity contribution in [2.24, 2.45) is 0 Å². The molecule has 0 saturated carbocycles. The number of carboxylic acid groups (broad SMARTS) is 1. The van der Waals surface area contributed by atoms with Crippen molar-refractivity contribution in [2.75, 3.05) is 5.43 Å². The molecule has 7 nitrogen and oxygen atoms in total. The average Bonchev–Trinajstić information content (AvgIpc) is 2.91. The van der Waals surface area contributed by atoms with Crippen molar-refractivity contribution in [2.45, 2.75) is 18.9 Å². The SMILES string of the molecule is O=C(O)c1cnc(NNC(=S)NC2c3ccccc3CCc3ccnc(F)c32)c(Cl)c1. The third kappa shape index (κ3) is 4.42. The number of pyridine rings is 2. The van der Waals surface area contributed by atoms with Gasteiger partial charge in [0.1, 0.15) is 0 Å². The third-order valence-electron chi connectivity index (χ3n) is 5.01. The van der Waals surface area contributed by atoms with E-state index in [4.69, 9.17) is 28.9 Å². The fourth-order valence-corrected chi connectivity index (χ4v) is 3.94. The lowest BCUT2D eigenvalue weighted by Gasteiger charge is -2.24. The standard InChI is InChI=1S/C21H17ClFN5O2S/c22-15-9-13(20(29)30)10-25-19(15)27-28-21(31)26-17-14-4-2-1-3-11(14)5-6-12-7-8-24-18(23)16(12)17/h1-4,7-10,17H,5-6H2,(H,25,27)(H,29,30)(H2,26,28,31). The number of nitrogens with zero attached hydrogens (tertiary/aromatic N) is 2. The molecule has 1 aliphatic carbocycles. The van der Waals surface area contributed by atoms with Crippen LogP contribution in [0.15, 0.2) is 48.8 Å².